The van der Waals surface area contributed by atoms with Crippen LogP contribution in [0.2, 0.25) is 0 Å². The largest absolute Gasteiger partial charge is 0.444 e. The quantitative estimate of drug-likeness (QED) is 0.514. The van der Waals surface area contributed by atoms with Gasteiger partial charge in [-0.25, -0.2) is 4.79 Å². The minimum Gasteiger partial charge on any atom is -0.444 e. The number of allylic oxidation sites excluding steroid dienone is 1. The summed E-state index contributed by atoms with van der Waals surface area (Å²) in [7, 11) is 0. The van der Waals surface area contributed by atoms with Gasteiger partial charge in [-0.2, -0.15) is 0 Å². The van der Waals surface area contributed by atoms with Crippen molar-refractivity contribution in [2.45, 2.75) is 64.9 Å². The molecule has 0 heterocycles. The predicted molar refractivity (Wildman–Crippen MR) is 72.1 cm³/mol. The second-order valence-electron chi connectivity index (χ2n) is 5.27. The van der Waals surface area contributed by atoms with Gasteiger partial charge in [-0.1, -0.05) is 25.3 Å². The van der Waals surface area contributed by atoms with Gasteiger partial charge in [0.05, 0.1) is 0 Å². The van der Waals surface area contributed by atoms with E-state index < -0.39 is 5.60 Å². The fraction of sp³-hybridized carbons (Fsp3) is 0.786. The second-order valence-corrected chi connectivity index (χ2v) is 5.27. The third-order valence-corrected chi connectivity index (χ3v) is 2.25. The van der Waals surface area contributed by atoms with Crippen molar-refractivity contribution in [2.24, 2.45) is 0 Å². The van der Waals surface area contributed by atoms with Crippen molar-refractivity contribution in [3.63, 3.8) is 0 Å². The number of rotatable bonds is 8. The SMILES string of the molecule is C=CCCCCCCCNC(=O)OC(C)(C)C. The van der Waals surface area contributed by atoms with E-state index in [4.69, 9.17) is 4.74 Å². The summed E-state index contributed by atoms with van der Waals surface area (Å²) in [6.45, 7) is 10.0. The Hall–Kier alpha value is -0.990. The molecule has 0 atom stereocenters. The van der Waals surface area contributed by atoms with Gasteiger partial charge in [0.2, 0.25) is 0 Å². The first kappa shape index (κ1) is 16.0. The van der Waals surface area contributed by atoms with E-state index >= 15 is 0 Å². The predicted octanol–water partition coefficient (Wildman–Crippen LogP) is 4.04. The van der Waals surface area contributed by atoms with Gasteiger partial charge in [-0.3, -0.25) is 0 Å². The molecule has 3 nitrogen and oxygen atoms in total. The van der Waals surface area contributed by atoms with E-state index in [9.17, 15) is 4.79 Å². The summed E-state index contributed by atoms with van der Waals surface area (Å²) in [4.78, 5) is 11.3. The number of hydrogen-bond donors (Lipinski definition) is 1. The highest BCUT2D eigenvalue weighted by atomic mass is 16.6. The van der Waals surface area contributed by atoms with E-state index in [1.807, 2.05) is 26.8 Å². The first-order chi connectivity index (χ1) is 7.95. The van der Waals surface area contributed by atoms with Crippen LogP contribution in [0.3, 0.4) is 0 Å². The molecule has 0 aromatic heterocycles. The molecule has 1 amide bonds. The van der Waals surface area contributed by atoms with Gasteiger partial charge in [0.25, 0.3) is 0 Å². The van der Waals surface area contributed by atoms with Gasteiger partial charge >= 0.3 is 6.09 Å². The highest BCUT2D eigenvalue weighted by Gasteiger charge is 2.15. The van der Waals surface area contributed by atoms with Crippen LogP contribution < -0.4 is 5.32 Å². The Balaban J connectivity index is 3.28. The molecule has 0 spiro atoms. The maximum Gasteiger partial charge on any atom is 0.407 e. The Morgan fingerprint density at radius 3 is 2.35 bits per heavy atom. The smallest absolute Gasteiger partial charge is 0.407 e. The molecule has 0 saturated carbocycles. The Bertz CT molecular complexity index is 219. The van der Waals surface area contributed by atoms with Crippen LogP contribution in [0.1, 0.15) is 59.3 Å². The molecule has 0 aromatic carbocycles. The van der Waals surface area contributed by atoms with E-state index in [-0.39, 0.29) is 6.09 Å². The van der Waals surface area contributed by atoms with Crippen molar-refractivity contribution in [1.82, 2.24) is 5.32 Å². The second kappa shape index (κ2) is 9.08. The summed E-state index contributed by atoms with van der Waals surface area (Å²) in [5.74, 6) is 0. The number of carbonyl (C=O) groups is 1. The molecule has 0 saturated heterocycles. The van der Waals surface area contributed by atoms with Gasteiger partial charge in [-0.05, 0) is 40.0 Å². The van der Waals surface area contributed by atoms with Crippen molar-refractivity contribution in [1.29, 1.82) is 0 Å². The standard InChI is InChI=1S/C14H27NO2/c1-5-6-7-8-9-10-11-12-15-13(16)17-14(2,3)4/h5H,1,6-12H2,2-4H3,(H,15,16). The van der Waals surface area contributed by atoms with Crippen molar-refractivity contribution in [2.75, 3.05) is 6.54 Å². The Morgan fingerprint density at radius 1 is 1.18 bits per heavy atom. The van der Waals surface area contributed by atoms with E-state index in [1.165, 1.54) is 19.3 Å². The Morgan fingerprint density at radius 2 is 1.76 bits per heavy atom. The van der Waals surface area contributed by atoms with Crippen LogP contribution in [0.15, 0.2) is 12.7 Å². The topological polar surface area (TPSA) is 38.3 Å². The highest BCUT2D eigenvalue weighted by Crippen LogP contribution is 2.07. The lowest BCUT2D eigenvalue weighted by atomic mass is 10.1. The third kappa shape index (κ3) is 12.9. The number of ether oxygens (including phenoxy) is 1. The minimum atomic E-state index is -0.408. The Kier molecular flexibility index (Phi) is 8.55. The number of carbonyl (C=O) groups excluding carboxylic acids is 1. The summed E-state index contributed by atoms with van der Waals surface area (Å²) in [6, 6.07) is 0. The number of hydrogen-bond acceptors (Lipinski definition) is 2. The average Bonchev–Trinajstić information content (AvgIpc) is 2.19. The van der Waals surface area contributed by atoms with Gasteiger partial charge in [0, 0.05) is 6.54 Å². The van der Waals surface area contributed by atoms with Crippen LogP contribution >= 0.6 is 0 Å². The molecule has 0 fully saturated rings. The summed E-state index contributed by atoms with van der Waals surface area (Å²) in [5.41, 5.74) is -0.408. The normalized spacial score (nSPS) is 11.0. The average molecular weight is 241 g/mol. The molecular formula is C14H27NO2. The third-order valence-electron chi connectivity index (χ3n) is 2.25. The zero-order chi connectivity index (χ0) is 13.1. The molecule has 3 heteroatoms. The molecular weight excluding hydrogens is 214 g/mol. The lowest BCUT2D eigenvalue weighted by Crippen LogP contribution is -2.32. The van der Waals surface area contributed by atoms with Crippen LogP contribution in [0, 0.1) is 0 Å². The fourth-order valence-electron chi connectivity index (χ4n) is 1.45. The zero-order valence-corrected chi connectivity index (χ0v) is 11.6. The van der Waals surface area contributed by atoms with Crippen molar-refractivity contribution in [3.8, 4) is 0 Å². The summed E-state index contributed by atoms with van der Waals surface area (Å²) in [6.07, 6.45) is 8.63. The summed E-state index contributed by atoms with van der Waals surface area (Å²) >= 11 is 0. The number of nitrogens with one attached hydrogen (secondary N) is 1. The van der Waals surface area contributed by atoms with Gasteiger partial charge < -0.3 is 10.1 Å². The number of alkyl carbamates (subject to hydrolysis) is 1. The first-order valence-electron chi connectivity index (χ1n) is 6.53. The highest BCUT2D eigenvalue weighted by molar-refractivity contribution is 5.67. The maximum atomic E-state index is 11.3. The van der Waals surface area contributed by atoms with Gasteiger partial charge in [0.1, 0.15) is 5.60 Å². The zero-order valence-electron chi connectivity index (χ0n) is 11.6. The summed E-state index contributed by atoms with van der Waals surface area (Å²) < 4.78 is 5.14. The molecule has 100 valence electrons. The van der Waals surface area contributed by atoms with E-state index in [0.717, 1.165) is 19.3 Å². The van der Waals surface area contributed by atoms with Gasteiger partial charge in [-0.15, -0.1) is 6.58 Å². The lowest BCUT2D eigenvalue weighted by molar-refractivity contribution is 0.0527. The van der Waals surface area contributed by atoms with Crippen LogP contribution in [-0.4, -0.2) is 18.2 Å². The first-order valence-corrected chi connectivity index (χ1v) is 6.53. The van der Waals surface area contributed by atoms with Crippen LogP contribution in [0.5, 0.6) is 0 Å². The Labute approximate surface area is 106 Å². The van der Waals surface area contributed by atoms with Crippen molar-refractivity contribution in [3.05, 3.63) is 12.7 Å². The van der Waals surface area contributed by atoms with E-state index in [1.54, 1.807) is 0 Å². The van der Waals surface area contributed by atoms with Crippen LogP contribution in [-0.2, 0) is 4.74 Å². The van der Waals surface area contributed by atoms with Gasteiger partial charge in [0.15, 0.2) is 0 Å². The molecule has 0 bridgehead atoms. The maximum absolute atomic E-state index is 11.3. The van der Waals surface area contributed by atoms with Crippen molar-refractivity contribution < 1.29 is 9.53 Å². The molecule has 17 heavy (non-hydrogen) atoms. The number of amides is 1. The molecule has 0 radical (unpaired) electrons. The molecule has 0 aliphatic heterocycles. The van der Waals surface area contributed by atoms with E-state index in [2.05, 4.69) is 11.9 Å². The molecule has 0 aliphatic carbocycles. The fourth-order valence-corrected chi connectivity index (χ4v) is 1.45. The monoisotopic (exact) mass is 241 g/mol. The van der Waals surface area contributed by atoms with Crippen LogP contribution in [0.25, 0.3) is 0 Å². The minimum absolute atomic E-state index is 0.316. The molecule has 0 rings (SSSR count). The number of unbranched alkanes of at least 4 members (excludes halogenated alkanes) is 5. The summed E-state index contributed by atoms with van der Waals surface area (Å²) in [5, 5.41) is 2.76. The molecule has 0 aromatic rings. The van der Waals surface area contributed by atoms with Crippen molar-refractivity contribution >= 4 is 6.09 Å². The molecule has 0 aliphatic rings. The molecule has 1 N–H and O–H groups in total. The molecule has 0 unspecified atom stereocenters. The van der Waals surface area contributed by atoms with E-state index in [0.29, 0.717) is 6.54 Å². The van der Waals surface area contributed by atoms with Crippen LogP contribution in [0.4, 0.5) is 4.79 Å². The lowest BCUT2D eigenvalue weighted by Gasteiger charge is -2.19.